The Morgan fingerprint density at radius 3 is 2.31 bits per heavy atom. The number of nitrogens with zero attached hydrogens (tertiary/aromatic N) is 1. The van der Waals surface area contributed by atoms with Crippen molar-refractivity contribution >= 4 is 21.6 Å². The van der Waals surface area contributed by atoms with Crippen molar-refractivity contribution in [1.82, 2.24) is 5.32 Å². The molecule has 1 aliphatic carbocycles. The number of methoxy groups -OCH3 is 2. The lowest BCUT2D eigenvalue weighted by molar-refractivity contribution is -0.122. The molecule has 0 spiro atoms. The summed E-state index contributed by atoms with van der Waals surface area (Å²) in [5.74, 6) is 0.397. The molecule has 32 heavy (non-hydrogen) atoms. The molecule has 2 aromatic carbocycles. The van der Waals surface area contributed by atoms with E-state index in [2.05, 4.69) is 17.4 Å². The molecule has 174 valence electrons. The molecule has 2 unspecified atom stereocenters. The number of nitrogens with one attached hydrogen (secondary N) is 1. The largest absolute Gasteiger partial charge is 0.497 e. The number of rotatable bonds is 8. The number of ether oxygens (including phenoxy) is 2. The first-order valence-corrected chi connectivity index (χ1v) is 12.6. The van der Waals surface area contributed by atoms with Gasteiger partial charge in [0.25, 0.3) is 0 Å². The Morgan fingerprint density at radius 2 is 1.69 bits per heavy atom. The van der Waals surface area contributed by atoms with Crippen LogP contribution in [-0.2, 0) is 27.7 Å². The molecule has 2 aromatic rings. The van der Waals surface area contributed by atoms with Gasteiger partial charge in [-0.15, -0.1) is 0 Å². The number of carbonyl (C=O) groups is 1. The van der Waals surface area contributed by atoms with Crippen LogP contribution in [0.15, 0.2) is 36.4 Å². The molecule has 0 radical (unpaired) electrons. The summed E-state index contributed by atoms with van der Waals surface area (Å²) in [4.78, 5) is 13.1. The van der Waals surface area contributed by atoms with Crippen LogP contribution >= 0.6 is 0 Å². The molecule has 0 aromatic heterocycles. The minimum Gasteiger partial charge on any atom is -0.497 e. The monoisotopic (exact) mass is 460 g/mol. The number of benzene rings is 2. The van der Waals surface area contributed by atoms with E-state index < -0.39 is 22.0 Å². The molecule has 0 saturated heterocycles. The molecule has 1 aliphatic rings. The first-order chi connectivity index (χ1) is 15.2. The number of aryl methyl sites for hydroxylation is 2. The maximum atomic E-state index is 13.1. The third kappa shape index (κ3) is 5.18. The van der Waals surface area contributed by atoms with E-state index in [-0.39, 0.29) is 11.7 Å². The van der Waals surface area contributed by atoms with Gasteiger partial charge in [-0.1, -0.05) is 18.2 Å². The van der Waals surface area contributed by atoms with E-state index in [0.717, 1.165) is 29.0 Å². The zero-order valence-corrected chi connectivity index (χ0v) is 20.2. The number of anilines is 1. The van der Waals surface area contributed by atoms with Crippen molar-refractivity contribution in [3.05, 3.63) is 53.1 Å². The third-order valence-corrected chi connectivity index (χ3v) is 7.17. The summed E-state index contributed by atoms with van der Waals surface area (Å²) in [6.07, 6.45) is 5.62. The predicted octanol–water partition coefficient (Wildman–Crippen LogP) is 3.61. The van der Waals surface area contributed by atoms with Gasteiger partial charge >= 0.3 is 0 Å². The van der Waals surface area contributed by atoms with Gasteiger partial charge in [-0.2, -0.15) is 0 Å². The Balaban J connectivity index is 1.86. The van der Waals surface area contributed by atoms with Crippen molar-refractivity contribution in [3.63, 3.8) is 0 Å². The summed E-state index contributed by atoms with van der Waals surface area (Å²) in [6, 6.07) is 9.93. The molecular formula is C24H32N2O5S. The van der Waals surface area contributed by atoms with Gasteiger partial charge in [-0.25, -0.2) is 8.42 Å². The molecule has 1 amide bonds. The van der Waals surface area contributed by atoms with Crippen LogP contribution in [0.2, 0.25) is 0 Å². The second-order valence-corrected chi connectivity index (χ2v) is 10.1. The van der Waals surface area contributed by atoms with Crippen molar-refractivity contribution in [2.45, 2.75) is 51.6 Å². The fourth-order valence-corrected chi connectivity index (χ4v) is 5.36. The zero-order chi connectivity index (χ0) is 23.5. The van der Waals surface area contributed by atoms with E-state index in [1.54, 1.807) is 25.1 Å². The fraction of sp³-hybridized carbons (Fsp3) is 0.458. The van der Waals surface area contributed by atoms with Crippen molar-refractivity contribution in [3.8, 4) is 11.5 Å². The highest BCUT2D eigenvalue weighted by atomic mass is 32.2. The quantitative estimate of drug-likeness (QED) is 0.650. The molecular weight excluding hydrogens is 428 g/mol. The van der Waals surface area contributed by atoms with E-state index in [4.69, 9.17) is 9.47 Å². The summed E-state index contributed by atoms with van der Waals surface area (Å²) in [5.41, 5.74) is 3.97. The van der Waals surface area contributed by atoms with Gasteiger partial charge in [0.05, 0.1) is 32.2 Å². The second-order valence-electron chi connectivity index (χ2n) is 8.24. The number of sulfonamides is 1. The molecule has 2 atom stereocenters. The molecule has 1 N–H and O–H groups in total. The van der Waals surface area contributed by atoms with Gasteiger partial charge in [0.2, 0.25) is 15.9 Å². The highest BCUT2D eigenvalue weighted by Gasteiger charge is 2.32. The minimum absolute atomic E-state index is 0.249. The molecule has 0 bridgehead atoms. The van der Waals surface area contributed by atoms with E-state index in [1.165, 1.54) is 38.2 Å². The second kappa shape index (κ2) is 9.81. The van der Waals surface area contributed by atoms with Gasteiger partial charge in [0, 0.05) is 6.07 Å². The predicted molar refractivity (Wildman–Crippen MR) is 126 cm³/mol. The van der Waals surface area contributed by atoms with Crippen LogP contribution in [-0.4, -0.2) is 40.8 Å². The molecule has 0 aliphatic heterocycles. The van der Waals surface area contributed by atoms with Crippen molar-refractivity contribution in [1.29, 1.82) is 0 Å². The standard InChI is InChI=1S/C24H32N2O5S/c1-16(19-11-10-18-8-6-7-9-20(18)14-19)25-24(27)17(2)26(32(5,28)29)22-15-21(30-3)12-13-23(22)31-4/h10-17H,6-9H2,1-5H3,(H,25,27). The van der Waals surface area contributed by atoms with E-state index >= 15 is 0 Å². The SMILES string of the molecule is COc1ccc(OC)c(N(C(C)C(=O)NC(C)c2ccc3c(c2)CCCC3)S(C)(=O)=O)c1. The summed E-state index contributed by atoms with van der Waals surface area (Å²) < 4.78 is 37.1. The van der Waals surface area contributed by atoms with Crippen LogP contribution in [0.5, 0.6) is 11.5 Å². The summed E-state index contributed by atoms with van der Waals surface area (Å²) in [6.45, 7) is 3.47. The van der Waals surface area contributed by atoms with Crippen LogP contribution in [0.3, 0.4) is 0 Å². The van der Waals surface area contributed by atoms with Crippen molar-refractivity contribution in [2.75, 3.05) is 24.8 Å². The van der Waals surface area contributed by atoms with Gasteiger partial charge < -0.3 is 14.8 Å². The van der Waals surface area contributed by atoms with Gasteiger partial charge in [-0.05, 0) is 68.4 Å². The van der Waals surface area contributed by atoms with Crippen LogP contribution in [0, 0.1) is 0 Å². The molecule has 8 heteroatoms. The molecule has 0 heterocycles. The lowest BCUT2D eigenvalue weighted by Crippen LogP contribution is -2.48. The van der Waals surface area contributed by atoms with Crippen LogP contribution in [0.4, 0.5) is 5.69 Å². The Bertz CT molecular complexity index is 1080. The average molecular weight is 461 g/mol. The smallest absolute Gasteiger partial charge is 0.244 e. The molecule has 0 saturated carbocycles. The Hall–Kier alpha value is -2.74. The van der Waals surface area contributed by atoms with Crippen molar-refractivity contribution < 1.29 is 22.7 Å². The third-order valence-electron chi connectivity index (χ3n) is 5.94. The van der Waals surface area contributed by atoms with Gasteiger partial charge in [0.15, 0.2) is 0 Å². The zero-order valence-electron chi connectivity index (χ0n) is 19.3. The first kappa shape index (κ1) is 23.9. The highest BCUT2D eigenvalue weighted by Crippen LogP contribution is 2.35. The number of hydrogen-bond donors (Lipinski definition) is 1. The topological polar surface area (TPSA) is 84.9 Å². The van der Waals surface area contributed by atoms with E-state index in [9.17, 15) is 13.2 Å². The van der Waals surface area contributed by atoms with Crippen LogP contribution in [0.1, 0.15) is 49.4 Å². The lowest BCUT2D eigenvalue weighted by atomic mass is 9.89. The summed E-state index contributed by atoms with van der Waals surface area (Å²) >= 11 is 0. The van der Waals surface area contributed by atoms with Crippen molar-refractivity contribution in [2.24, 2.45) is 0 Å². The Labute approximate surface area is 190 Å². The first-order valence-electron chi connectivity index (χ1n) is 10.8. The van der Waals surface area contributed by atoms with Gasteiger partial charge in [-0.3, -0.25) is 9.10 Å². The Morgan fingerprint density at radius 1 is 1.00 bits per heavy atom. The number of amides is 1. The maximum absolute atomic E-state index is 13.1. The fourth-order valence-electron chi connectivity index (χ4n) is 4.19. The average Bonchev–Trinajstić information content (AvgIpc) is 2.77. The summed E-state index contributed by atoms with van der Waals surface area (Å²) in [7, 11) is -0.849. The highest BCUT2D eigenvalue weighted by molar-refractivity contribution is 7.92. The Kier molecular flexibility index (Phi) is 7.33. The lowest BCUT2D eigenvalue weighted by Gasteiger charge is -2.30. The molecule has 3 rings (SSSR count). The van der Waals surface area contributed by atoms with E-state index in [1.807, 2.05) is 13.0 Å². The summed E-state index contributed by atoms with van der Waals surface area (Å²) in [5, 5.41) is 2.97. The normalized spacial score (nSPS) is 15.3. The molecule has 7 nitrogen and oxygen atoms in total. The van der Waals surface area contributed by atoms with Crippen LogP contribution in [0.25, 0.3) is 0 Å². The number of fused-ring (bicyclic) bond motifs is 1. The number of carbonyl (C=O) groups excluding carboxylic acids is 1. The number of hydrogen-bond acceptors (Lipinski definition) is 5. The maximum Gasteiger partial charge on any atom is 0.244 e. The van der Waals surface area contributed by atoms with Crippen LogP contribution < -0.4 is 19.1 Å². The van der Waals surface area contributed by atoms with Gasteiger partial charge in [0.1, 0.15) is 17.5 Å². The molecule has 0 fully saturated rings. The minimum atomic E-state index is -3.80. The van der Waals surface area contributed by atoms with E-state index in [0.29, 0.717) is 11.5 Å².